The summed E-state index contributed by atoms with van der Waals surface area (Å²) in [5, 5.41) is 13.3. The predicted octanol–water partition coefficient (Wildman–Crippen LogP) is 2.56. The minimum Gasteiger partial charge on any atom is -0.469 e. The summed E-state index contributed by atoms with van der Waals surface area (Å²) >= 11 is 0. The largest absolute Gasteiger partial charge is 0.469 e. The van der Waals surface area contributed by atoms with Crippen molar-refractivity contribution < 1.29 is 19.2 Å². The maximum absolute atomic E-state index is 12.1. The Balaban J connectivity index is 2.07. The topological polar surface area (TPSA) is 98.5 Å². The van der Waals surface area contributed by atoms with Gasteiger partial charge in [-0.05, 0) is 23.8 Å². The second-order valence-electron chi connectivity index (χ2n) is 4.71. The van der Waals surface area contributed by atoms with Crippen molar-refractivity contribution in [2.75, 3.05) is 12.4 Å². The van der Waals surface area contributed by atoms with E-state index in [0.29, 0.717) is 11.3 Å². The first kappa shape index (κ1) is 16.2. The molecule has 0 fully saturated rings. The molecule has 1 amide bonds. The van der Waals surface area contributed by atoms with Gasteiger partial charge in [0.15, 0.2) is 0 Å². The number of ether oxygens (including phenoxy) is 1. The fraction of sp³-hybridized carbons (Fsp3) is 0.125. The summed E-state index contributed by atoms with van der Waals surface area (Å²) in [5.74, 6) is -0.756. The van der Waals surface area contributed by atoms with E-state index in [0.717, 1.165) is 5.56 Å². The van der Waals surface area contributed by atoms with Gasteiger partial charge in [-0.15, -0.1) is 0 Å². The predicted molar refractivity (Wildman–Crippen MR) is 83.2 cm³/mol. The summed E-state index contributed by atoms with van der Waals surface area (Å²) in [5.41, 5.74) is 1.34. The van der Waals surface area contributed by atoms with E-state index < -0.39 is 10.8 Å². The molecule has 7 heteroatoms. The molecule has 0 aliphatic carbocycles. The van der Waals surface area contributed by atoms with E-state index in [4.69, 9.17) is 0 Å². The summed E-state index contributed by atoms with van der Waals surface area (Å²) in [6.07, 6.45) is 0.128. The molecule has 118 valence electrons. The van der Waals surface area contributed by atoms with Crippen molar-refractivity contribution in [1.82, 2.24) is 0 Å². The van der Waals surface area contributed by atoms with Crippen LogP contribution in [-0.4, -0.2) is 23.9 Å². The van der Waals surface area contributed by atoms with Crippen molar-refractivity contribution in [2.24, 2.45) is 0 Å². The molecule has 0 aromatic heterocycles. The van der Waals surface area contributed by atoms with Crippen LogP contribution in [0.1, 0.15) is 15.9 Å². The van der Waals surface area contributed by atoms with Gasteiger partial charge in [-0.25, -0.2) is 0 Å². The highest BCUT2D eigenvalue weighted by molar-refractivity contribution is 6.04. The number of anilines is 1. The number of benzene rings is 2. The molecular formula is C16H14N2O5. The van der Waals surface area contributed by atoms with Crippen molar-refractivity contribution in [1.29, 1.82) is 0 Å². The van der Waals surface area contributed by atoms with Crippen molar-refractivity contribution >= 4 is 23.3 Å². The monoisotopic (exact) mass is 314 g/mol. The van der Waals surface area contributed by atoms with Gasteiger partial charge in [0.1, 0.15) is 0 Å². The third-order valence-electron chi connectivity index (χ3n) is 3.11. The summed E-state index contributed by atoms with van der Waals surface area (Å²) in [6.45, 7) is 0. The third kappa shape index (κ3) is 4.37. The van der Waals surface area contributed by atoms with E-state index >= 15 is 0 Å². The molecule has 0 aliphatic heterocycles. The zero-order valence-electron chi connectivity index (χ0n) is 12.3. The third-order valence-corrected chi connectivity index (χ3v) is 3.11. The number of nitro benzene ring substituents is 1. The first-order valence-corrected chi connectivity index (χ1v) is 6.71. The molecule has 0 unspecified atom stereocenters. The number of esters is 1. The number of carbonyl (C=O) groups is 2. The maximum Gasteiger partial charge on any atom is 0.309 e. The molecule has 2 aromatic carbocycles. The number of methoxy groups -OCH3 is 1. The van der Waals surface area contributed by atoms with E-state index in [9.17, 15) is 19.7 Å². The summed E-state index contributed by atoms with van der Waals surface area (Å²) in [4.78, 5) is 33.5. The molecule has 0 spiro atoms. The smallest absolute Gasteiger partial charge is 0.309 e. The zero-order chi connectivity index (χ0) is 16.8. The van der Waals surface area contributed by atoms with Gasteiger partial charge < -0.3 is 10.1 Å². The zero-order valence-corrected chi connectivity index (χ0v) is 12.3. The van der Waals surface area contributed by atoms with Gasteiger partial charge in [-0.1, -0.05) is 18.2 Å². The molecule has 0 radical (unpaired) electrons. The standard InChI is InChI=1S/C16H14N2O5/c1-23-15(19)9-11-5-7-12(8-6-11)16(20)17-13-3-2-4-14(10-13)18(21)22/h2-8,10H,9H2,1H3,(H,17,20). The fourth-order valence-corrected chi connectivity index (χ4v) is 1.91. The maximum atomic E-state index is 12.1. The van der Waals surface area contributed by atoms with Crippen molar-refractivity contribution in [3.8, 4) is 0 Å². The summed E-state index contributed by atoms with van der Waals surface area (Å²) < 4.78 is 4.57. The van der Waals surface area contributed by atoms with E-state index in [1.54, 1.807) is 30.3 Å². The van der Waals surface area contributed by atoms with Crippen LogP contribution in [0.2, 0.25) is 0 Å². The highest BCUT2D eigenvalue weighted by Crippen LogP contribution is 2.18. The summed E-state index contributed by atoms with van der Waals surface area (Å²) in [7, 11) is 1.31. The van der Waals surface area contributed by atoms with Gasteiger partial charge in [0.25, 0.3) is 11.6 Å². The Kier molecular flexibility index (Phi) is 5.03. The molecule has 2 rings (SSSR count). The second kappa shape index (κ2) is 7.17. The van der Waals surface area contributed by atoms with Crippen LogP contribution in [-0.2, 0) is 16.0 Å². The van der Waals surface area contributed by atoms with Gasteiger partial charge >= 0.3 is 5.97 Å². The van der Waals surface area contributed by atoms with Crippen molar-refractivity contribution in [3.63, 3.8) is 0 Å². The van der Waals surface area contributed by atoms with E-state index in [-0.39, 0.29) is 18.1 Å². The molecular weight excluding hydrogens is 300 g/mol. The molecule has 2 aromatic rings. The lowest BCUT2D eigenvalue weighted by Crippen LogP contribution is -2.12. The van der Waals surface area contributed by atoms with E-state index in [2.05, 4.69) is 10.1 Å². The second-order valence-corrected chi connectivity index (χ2v) is 4.71. The Morgan fingerprint density at radius 3 is 2.48 bits per heavy atom. The van der Waals surface area contributed by atoms with Gasteiger partial charge in [-0.3, -0.25) is 19.7 Å². The highest BCUT2D eigenvalue weighted by Gasteiger charge is 2.10. The number of hydrogen-bond acceptors (Lipinski definition) is 5. The minimum atomic E-state index is -0.530. The molecule has 1 N–H and O–H groups in total. The molecule has 0 saturated heterocycles. The van der Waals surface area contributed by atoms with Gasteiger partial charge in [0.2, 0.25) is 0 Å². The molecule has 7 nitrogen and oxygen atoms in total. The Labute approximate surface area is 132 Å². The average Bonchev–Trinajstić information content (AvgIpc) is 2.55. The Hall–Kier alpha value is -3.22. The number of nitro groups is 1. The molecule has 0 aliphatic rings. The van der Waals surface area contributed by atoms with Gasteiger partial charge in [-0.2, -0.15) is 0 Å². The number of carbonyl (C=O) groups excluding carboxylic acids is 2. The van der Waals surface area contributed by atoms with Crippen LogP contribution in [0.25, 0.3) is 0 Å². The van der Waals surface area contributed by atoms with E-state index in [1.807, 2.05) is 0 Å². The molecule has 0 atom stereocenters. The molecule has 0 heterocycles. The minimum absolute atomic E-state index is 0.101. The SMILES string of the molecule is COC(=O)Cc1ccc(C(=O)Nc2cccc([N+](=O)[O-])c2)cc1. The number of rotatable bonds is 5. The number of hydrogen-bond donors (Lipinski definition) is 1. The first-order chi connectivity index (χ1) is 11.0. The highest BCUT2D eigenvalue weighted by atomic mass is 16.6. The van der Waals surface area contributed by atoms with Crippen LogP contribution in [0.5, 0.6) is 0 Å². The lowest BCUT2D eigenvalue weighted by atomic mass is 10.1. The summed E-state index contributed by atoms with van der Waals surface area (Å²) in [6, 6.07) is 12.1. The lowest BCUT2D eigenvalue weighted by Gasteiger charge is -2.06. The van der Waals surface area contributed by atoms with Crippen LogP contribution >= 0.6 is 0 Å². The molecule has 0 saturated carbocycles. The number of non-ortho nitro benzene ring substituents is 1. The first-order valence-electron chi connectivity index (χ1n) is 6.71. The van der Waals surface area contributed by atoms with Crippen molar-refractivity contribution in [3.05, 3.63) is 69.8 Å². The van der Waals surface area contributed by atoms with E-state index in [1.165, 1.54) is 25.3 Å². The molecule has 23 heavy (non-hydrogen) atoms. The molecule has 0 bridgehead atoms. The van der Waals surface area contributed by atoms with Crippen LogP contribution in [0.15, 0.2) is 48.5 Å². The van der Waals surface area contributed by atoms with Gasteiger partial charge in [0.05, 0.1) is 18.5 Å². The van der Waals surface area contributed by atoms with Crippen LogP contribution in [0.3, 0.4) is 0 Å². The lowest BCUT2D eigenvalue weighted by molar-refractivity contribution is -0.384. The Bertz CT molecular complexity index is 740. The van der Waals surface area contributed by atoms with Crippen LogP contribution < -0.4 is 5.32 Å². The van der Waals surface area contributed by atoms with Crippen LogP contribution in [0, 0.1) is 10.1 Å². The van der Waals surface area contributed by atoms with Crippen LogP contribution in [0.4, 0.5) is 11.4 Å². The van der Waals surface area contributed by atoms with Crippen molar-refractivity contribution in [2.45, 2.75) is 6.42 Å². The quantitative estimate of drug-likeness (QED) is 0.519. The number of nitrogens with one attached hydrogen (secondary N) is 1. The fourth-order valence-electron chi connectivity index (χ4n) is 1.91. The normalized spacial score (nSPS) is 9.96. The number of amides is 1. The van der Waals surface area contributed by atoms with Gasteiger partial charge in [0, 0.05) is 23.4 Å². The average molecular weight is 314 g/mol. The Morgan fingerprint density at radius 2 is 1.87 bits per heavy atom. The Morgan fingerprint density at radius 1 is 1.17 bits per heavy atom. The number of nitrogens with zero attached hydrogens (tertiary/aromatic N) is 1.